The summed E-state index contributed by atoms with van der Waals surface area (Å²) in [4.78, 5) is 33.0. The first kappa shape index (κ1) is 44.6. The van der Waals surface area contributed by atoms with Crippen molar-refractivity contribution in [1.29, 1.82) is 5.26 Å². The Balaban J connectivity index is 0.00000326. The summed E-state index contributed by atoms with van der Waals surface area (Å²) in [5.74, 6) is 8.54. The minimum atomic E-state index is -2.94. The number of benzene rings is 2. The van der Waals surface area contributed by atoms with E-state index in [0.717, 1.165) is 42.7 Å². The number of aromatic nitrogens is 4. The van der Waals surface area contributed by atoms with Crippen LogP contribution < -0.4 is 20.3 Å². The molecular weight excluding hydrogens is 779 g/mol. The average Bonchev–Trinajstić information content (AvgIpc) is 3.59. The van der Waals surface area contributed by atoms with Crippen LogP contribution in [0.3, 0.4) is 0 Å². The Morgan fingerprint density at radius 2 is 1.75 bits per heavy atom. The lowest BCUT2D eigenvalue weighted by Gasteiger charge is -2.37. The van der Waals surface area contributed by atoms with Crippen molar-refractivity contribution >= 4 is 46.4 Å². The number of halogens is 2. The Hall–Kier alpha value is -5.49. The number of hydrogen-bond acceptors (Lipinski definition) is 11. The fourth-order valence-electron chi connectivity index (χ4n) is 7.52. The van der Waals surface area contributed by atoms with Crippen molar-refractivity contribution in [2.45, 2.75) is 75.5 Å². The van der Waals surface area contributed by atoms with E-state index in [1.807, 2.05) is 34.8 Å². The maximum absolute atomic E-state index is 13.7. The van der Waals surface area contributed by atoms with Crippen LogP contribution in [-0.4, -0.2) is 111 Å². The number of aryl methyl sites for hydroxylation is 1. The van der Waals surface area contributed by atoms with Gasteiger partial charge in [-0.15, -0.1) is 0 Å². The van der Waals surface area contributed by atoms with Crippen molar-refractivity contribution in [1.82, 2.24) is 34.3 Å². The monoisotopic (exact) mass is 830 g/mol. The molecule has 2 unspecified atom stereocenters. The predicted molar refractivity (Wildman–Crippen MR) is 223 cm³/mol. The van der Waals surface area contributed by atoms with Crippen molar-refractivity contribution in [3.05, 3.63) is 65.5 Å². The molecule has 2 aromatic carbocycles. The molecule has 314 valence electrons. The Morgan fingerprint density at radius 1 is 1.05 bits per heavy atom. The minimum Gasteiger partial charge on any atom is -0.432 e. The first-order valence-electron chi connectivity index (χ1n) is 19.6. The highest BCUT2D eigenvalue weighted by molar-refractivity contribution is 7.82. The van der Waals surface area contributed by atoms with Crippen LogP contribution in [0.5, 0.6) is 5.75 Å². The molecule has 0 spiro atoms. The fraction of sp³-hybridized carbons (Fsp3) is 0.476. The number of amides is 1. The Morgan fingerprint density at radius 3 is 2.37 bits per heavy atom. The number of nitriles is 1. The van der Waals surface area contributed by atoms with Crippen LogP contribution in [0.4, 0.5) is 20.5 Å². The lowest BCUT2D eigenvalue weighted by Crippen LogP contribution is -2.43. The third-order valence-electron chi connectivity index (χ3n) is 10.7. The standard InChI is InChI=1S/C41H50F2N10O3S.CH2O/c1-27(2)36(52-18-12-28(13-19-52)30-7-10-35-37(23-30)51(5)49-39(35)50(4)17-16-38(54)45-3)11-8-29-22-34(9-6-31(29)24-44)57(55)53-20-14-32(15-21-53)48-41-46-25-33(26-47-41)56-40(42)43;1-2/h6-7,9-10,22-23,25-28,32,36,40H,12-21H2,1-5H3,(H,45,54)(H,46,47,48);1H2. The van der Waals surface area contributed by atoms with E-state index in [0.29, 0.717) is 66.8 Å². The highest BCUT2D eigenvalue weighted by Gasteiger charge is 2.28. The van der Waals surface area contributed by atoms with Crippen LogP contribution in [0.2, 0.25) is 0 Å². The van der Waals surface area contributed by atoms with Gasteiger partial charge in [-0.05, 0) is 86.5 Å². The van der Waals surface area contributed by atoms with E-state index in [4.69, 9.17) is 9.89 Å². The number of rotatable bonds is 13. The van der Waals surface area contributed by atoms with Gasteiger partial charge in [0.05, 0.1) is 34.4 Å². The van der Waals surface area contributed by atoms with Crippen molar-refractivity contribution in [2.75, 3.05) is 57.0 Å². The minimum absolute atomic E-state index is 0.00209. The summed E-state index contributed by atoms with van der Waals surface area (Å²) in [5.41, 5.74) is 3.38. The highest BCUT2D eigenvalue weighted by Crippen LogP contribution is 2.34. The molecule has 2 aliphatic rings. The van der Waals surface area contributed by atoms with E-state index < -0.39 is 17.6 Å². The van der Waals surface area contributed by atoms with Gasteiger partial charge in [0, 0.05) is 64.2 Å². The van der Waals surface area contributed by atoms with Gasteiger partial charge in [-0.2, -0.15) is 19.1 Å². The number of hydrogen-bond donors (Lipinski definition) is 2. The van der Waals surface area contributed by atoms with Crippen LogP contribution in [0.15, 0.2) is 53.7 Å². The number of ether oxygens (including phenoxy) is 1. The van der Waals surface area contributed by atoms with E-state index in [-0.39, 0.29) is 29.7 Å². The van der Waals surface area contributed by atoms with Crippen LogP contribution >= 0.6 is 0 Å². The van der Waals surface area contributed by atoms with Crippen molar-refractivity contribution < 1.29 is 27.3 Å². The number of carbonyl (C=O) groups is 2. The SMILES string of the molecule is C=O.CNC(=O)CCN(C)c1nn(C)c2cc(C3CCN(C(C#Cc4cc(S(=O)N5CCC(Nc6ncc(OC(F)F)cn6)CC5)ccc4C#N)C(C)C)CC3)ccc12. The number of likely N-dealkylation sites (tertiary alicyclic amines) is 1. The number of nitrogens with one attached hydrogen (secondary N) is 2. The van der Waals surface area contributed by atoms with Gasteiger partial charge in [-0.3, -0.25) is 14.4 Å². The lowest BCUT2D eigenvalue weighted by molar-refractivity contribution is -0.120. The lowest BCUT2D eigenvalue weighted by atomic mass is 9.87. The molecule has 1 amide bonds. The molecule has 2 fully saturated rings. The summed E-state index contributed by atoms with van der Waals surface area (Å²) < 4.78 is 46.7. The molecule has 17 heteroatoms. The second-order valence-electron chi connectivity index (χ2n) is 14.9. The van der Waals surface area contributed by atoms with Crippen molar-refractivity contribution in [3.8, 4) is 23.7 Å². The zero-order valence-electron chi connectivity index (χ0n) is 34.2. The van der Waals surface area contributed by atoms with Gasteiger partial charge in [0.25, 0.3) is 0 Å². The first-order chi connectivity index (χ1) is 28.4. The van der Waals surface area contributed by atoms with Crippen molar-refractivity contribution in [2.24, 2.45) is 13.0 Å². The summed E-state index contributed by atoms with van der Waals surface area (Å²) in [6, 6.07) is 14.1. The molecule has 2 aromatic heterocycles. The summed E-state index contributed by atoms with van der Waals surface area (Å²) in [7, 11) is 4.13. The van der Waals surface area contributed by atoms with Gasteiger partial charge in [-0.1, -0.05) is 31.8 Å². The van der Waals surface area contributed by atoms with E-state index in [2.05, 4.69) is 80.2 Å². The number of fused-ring (bicyclic) bond motifs is 1. The summed E-state index contributed by atoms with van der Waals surface area (Å²) >= 11 is 0. The highest BCUT2D eigenvalue weighted by atomic mass is 32.2. The fourth-order valence-corrected chi connectivity index (χ4v) is 8.76. The normalized spacial score (nSPS) is 16.3. The number of anilines is 2. The molecule has 0 aliphatic carbocycles. The Labute approximate surface area is 346 Å². The third kappa shape index (κ3) is 11.4. The molecular formula is C42H52F2N10O4S. The maximum atomic E-state index is 13.7. The second-order valence-corrected chi connectivity index (χ2v) is 16.4. The number of alkyl halides is 2. The van der Waals surface area contributed by atoms with Gasteiger partial charge in [0.2, 0.25) is 11.9 Å². The molecule has 0 bridgehead atoms. The van der Waals surface area contributed by atoms with E-state index in [1.54, 1.807) is 25.2 Å². The molecule has 14 nitrogen and oxygen atoms in total. The number of carbonyl (C=O) groups excluding carboxylic acids is 2. The second kappa shape index (κ2) is 21.0. The van der Waals surface area contributed by atoms with Crippen LogP contribution in [-0.2, 0) is 27.6 Å². The number of piperidine rings is 2. The number of nitrogens with zero attached hydrogens (tertiary/aromatic N) is 8. The van der Waals surface area contributed by atoms with Crippen LogP contribution in [0, 0.1) is 29.1 Å². The average molecular weight is 831 g/mol. The molecule has 59 heavy (non-hydrogen) atoms. The van der Waals surface area contributed by atoms with Gasteiger partial charge in [0.1, 0.15) is 23.8 Å². The zero-order valence-corrected chi connectivity index (χ0v) is 35.0. The molecule has 2 atom stereocenters. The topological polar surface area (TPSA) is 162 Å². The van der Waals surface area contributed by atoms with Gasteiger partial charge < -0.3 is 25.1 Å². The predicted octanol–water partition coefficient (Wildman–Crippen LogP) is 5.08. The van der Waals surface area contributed by atoms with Gasteiger partial charge in [0.15, 0.2) is 11.6 Å². The van der Waals surface area contributed by atoms with Gasteiger partial charge >= 0.3 is 6.61 Å². The van der Waals surface area contributed by atoms with E-state index >= 15 is 0 Å². The molecule has 4 aromatic rings. The molecule has 2 aliphatic heterocycles. The quantitative estimate of drug-likeness (QED) is 0.173. The molecule has 6 rings (SSSR count). The maximum Gasteiger partial charge on any atom is 0.387 e. The Bertz CT molecular complexity index is 2170. The van der Waals surface area contributed by atoms with E-state index in [1.165, 1.54) is 18.0 Å². The van der Waals surface area contributed by atoms with Crippen molar-refractivity contribution in [3.63, 3.8) is 0 Å². The molecule has 0 saturated carbocycles. The largest absolute Gasteiger partial charge is 0.432 e. The molecule has 0 radical (unpaired) electrons. The summed E-state index contributed by atoms with van der Waals surface area (Å²) in [6.45, 7) is 6.87. The van der Waals surface area contributed by atoms with E-state index in [9.17, 15) is 23.0 Å². The first-order valence-corrected chi connectivity index (χ1v) is 20.7. The summed E-state index contributed by atoms with van der Waals surface area (Å²) in [6.07, 6.45) is 6.14. The third-order valence-corrected chi connectivity index (χ3v) is 12.2. The Kier molecular flexibility index (Phi) is 15.9. The van der Waals surface area contributed by atoms with Gasteiger partial charge in [-0.25, -0.2) is 18.5 Å². The smallest absolute Gasteiger partial charge is 0.387 e. The molecule has 2 N–H and O–H groups in total. The van der Waals surface area contributed by atoms with Crippen LogP contribution in [0.25, 0.3) is 10.9 Å². The zero-order chi connectivity index (χ0) is 42.6. The molecule has 4 heterocycles. The van der Waals surface area contributed by atoms with Crippen LogP contribution in [0.1, 0.15) is 68.6 Å². The molecule has 2 saturated heterocycles. The summed E-state index contributed by atoms with van der Waals surface area (Å²) in [5, 5.41) is 21.7.